The van der Waals surface area contributed by atoms with Crippen molar-refractivity contribution in [1.82, 2.24) is 15.4 Å². The lowest BCUT2D eigenvalue weighted by Gasteiger charge is -2.37. The summed E-state index contributed by atoms with van der Waals surface area (Å²) in [5, 5.41) is 11.7. The number of hydrogen-bond acceptors (Lipinski definition) is 2. The smallest absolute Gasteiger partial charge is 0.120 e. The Morgan fingerprint density at radius 1 is 0.545 bits per heavy atom. The van der Waals surface area contributed by atoms with Crippen LogP contribution in [0.1, 0.15) is 49.9 Å². The Balaban J connectivity index is 1.85. The van der Waals surface area contributed by atoms with Gasteiger partial charge in [0.15, 0.2) is 0 Å². The van der Waals surface area contributed by atoms with Gasteiger partial charge in [0.25, 0.3) is 0 Å². The Kier molecular flexibility index (Phi) is 5.13. The highest BCUT2D eigenvalue weighted by Gasteiger charge is 2.35. The number of H-pyrrole nitrogens is 1. The maximum atomic E-state index is 4.50. The van der Waals surface area contributed by atoms with Crippen LogP contribution in [0, 0.1) is 0 Å². The Morgan fingerprint density at radius 3 is 1.79 bits per heavy atom. The summed E-state index contributed by atoms with van der Waals surface area (Å²) < 4.78 is 0. The summed E-state index contributed by atoms with van der Waals surface area (Å²) in [6, 6.07) is 34.5. The van der Waals surface area contributed by atoms with Crippen LogP contribution in [-0.2, 0) is 10.8 Å². The van der Waals surface area contributed by atoms with E-state index < -0.39 is 0 Å². The molecule has 4 aromatic carbocycles. The molecule has 0 atom stereocenters. The quantitative estimate of drug-likeness (QED) is 0.318. The molecule has 5 aromatic rings. The van der Waals surface area contributed by atoms with E-state index in [4.69, 9.17) is 0 Å². The van der Waals surface area contributed by atoms with Crippen molar-refractivity contribution in [3.8, 4) is 11.1 Å². The summed E-state index contributed by atoms with van der Waals surface area (Å²) in [7, 11) is 0. The zero-order chi connectivity index (χ0) is 23.1. The summed E-state index contributed by atoms with van der Waals surface area (Å²) in [6.45, 7) is 9.30. The zero-order valence-corrected chi connectivity index (χ0v) is 19.6. The van der Waals surface area contributed by atoms with Gasteiger partial charge in [-0.3, -0.25) is 0 Å². The predicted molar refractivity (Wildman–Crippen MR) is 136 cm³/mol. The molecule has 0 aliphatic heterocycles. The van der Waals surface area contributed by atoms with Gasteiger partial charge in [0.2, 0.25) is 0 Å². The first-order valence-electron chi connectivity index (χ1n) is 11.5. The van der Waals surface area contributed by atoms with Gasteiger partial charge >= 0.3 is 0 Å². The van der Waals surface area contributed by atoms with E-state index in [1.54, 1.807) is 0 Å². The van der Waals surface area contributed by atoms with Gasteiger partial charge in [-0.25, -0.2) is 0 Å². The summed E-state index contributed by atoms with van der Waals surface area (Å²) in [4.78, 5) is 0. The van der Waals surface area contributed by atoms with Crippen molar-refractivity contribution < 1.29 is 0 Å². The topological polar surface area (TPSA) is 41.6 Å². The lowest BCUT2D eigenvalue weighted by molar-refractivity contribution is 0.580. The summed E-state index contributed by atoms with van der Waals surface area (Å²) in [5.41, 5.74) is 8.89. The van der Waals surface area contributed by atoms with Crippen LogP contribution in [0.15, 0.2) is 97.1 Å². The third-order valence-corrected chi connectivity index (χ3v) is 6.99. The molecule has 0 amide bonds. The van der Waals surface area contributed by atoms with Gasteiger partial charge in [-0.1, -0.05) is 119 Å². The molecule has 164 valence electrons. The van der Waals surface area contributed by atoms with Gasteiger partial charge in [-0.15, -0.1) is 0 Å². The molecule has 33 heavy (non-hydrogen) atoms. The Hall–Kier alpha value is -3.72. The molecule has 0 radical (unpaired) electrons. The fourth-order valence-electron chi connectivity index (χ4n) is 5.07. The highest BCUT2D eigenvalue weighted by Crippen LogP contribution is 2.46. The van der Waals surface area contributed by atoms with Gasteiger partial charge in [-0.05, 0) is 33.9 Å². The van der Waals surface area contributed by atoms with Crippen LogP contribution in [0.3, 0.4) is 0 Å². The van der Waals surface area contributed by atoms with E-state index >= 15 is 0 Å². The number of aromatic amines is 1. The second-order valence-corrected chi connectivity index (χ2v) is 9.71. The number of nitrogens with zero attached hydrogens (tertiary/aromatic N) is 2. The second-order valence-electron chi connectivity index (χ2n) is 9.71. The zero-order valence-electron chi connectivity index (χ0n) is 19.6. The predicted octanol–water partition coefficient (Wildman–Crippen LogP) is 7.28. The Morgan fingerprint density at radius 2 is 1.12 bits per heavy atom. The molecule has 0 spiro atoms. The van der Waals surface area contributed by atoms with Gasteiger partial charge in [0.05, 0.1) is 0 Å². The van der Waals surface area contributed by atoms with Gasteiger partial charge in [-0.2, -0.15) is 15.4 Å². The number of para-hydroxylation sites is 1. The number of hydrogen-bond donors (Lipinski definition) is 1. The van der Waals surface area contributed by atoms with E-state index in [1.165, 1.54) is 27.8 Å². The fourth-order valence-corrected chi connectivity index (χ4v) is 5.07. The molecule has 0 unspecified atom stereocenters. The minimum Gasteiger partial charge on any atom is -0.197 e. The number of fused-ring (bicyclic) bond motifs is 1. The average molecular weight is 432 g/mol. The summed E-state index contributed by atoms with van der Waals surface area (Å²) >= 11 is 0. The first kappa shape index (κ1) is 21.1. The molecule has 3 heteroatoms. The van der Waals surface area contributed by atoms with Crippen molar-refractivity contribution >= 4 is 11.0 Å². The summed E-state index contributed by atoms with van der Waals surface area (Å²) in [5.74, 6) is 0. The van der Waals surface area contributed by atoms with E-state index in [0.29, 0.717) is 0 Å². The molecule has 0 fully saturated rings. The molecular weight excluding hydrogens is 402 g/mol. The van der Waals surface area contributed by atoms with Crippen molar-refractivity contribution in [1.29, 1.82) is 0 Å². The first-order chi connectivity index (χ1) is 15.9. The third kappa shape index (κ3) is 3.54. The van der Waals surface area contributed by atoms with Gasteiger partial charge in [0.1, 0.15) is 11.0 Å². The second kappa shape index (κ2) is 8.00. The highest BCUT2D eigenvalue weighted by atomic mass is 15.3. The van der Waals surface area contributed by atoms with E-state index in [0.717, 1.165) is 16.6 Å². The molecule has 0 aliphatic rings. The monoisotopic (exact) mass is 431 g/mol. The standard InChI is InChI=1S/C30H29N3/c1-29(2,21-13-7-5-8-14-21)25-19-11-17-23(24-18-12-20-26-28(24)32-33-31-26)27(25)30(3,4)22-15-9-6-10-16-22/h5-20H,1-4H3,(H,31,32,33). The molecule has 1 aromatic heterocycles. The first-order valence-corrected chi connectivity index (χ1v) is 11.5. The van der Waals surface area contributed by atoms with Crippen LogP contribution in [0.4, 0.5) is 0 Å². The maximum absolute atomic E-state index is 4.50. The van der Waals surface area contributed by atoms with Gasteiger partial charge < -0.3 is 0 Å². The molecule has 5 rings (SSSR count). The number of benzene rings is 4. The molecule has 0 saturated carbocycles. The summed E-state index contributed by atoms with van der Waals surface area (Å²) in [6.07, 6.45) is 0. The highest BCUT2D eigenvalue weighted by molar-refractivity contribution is 5.93. The van der Waals surface area contributed by atoms with Crippen LogP contribution in [0.2, 0.25) is 0 Å². The Bertz CT molecular complexity index is 1400. The molecule has 1 heterocycles. The number of rotatable bonds is 5. The van der Waals surface area contributed by atoms with E-state index in [1.807, 2.05) is 6.07 Å². The molecule has 0 bridgehead atoms. The van der Waals surface area contributed by atoms with E-state index in [9.17, 15) is 0 Å². The van der Waals surface area contributed by atoms with E-state index in [2.05, 4.69) is 134 Å². The largest absolute Gasteiger partial charge is 0.197 e. The SMILES string of the molecule is CC(C)(c1ccccc1)c1cccc(-c2cccc3n[nH]nc23)c1C(C)(C)c1ccccc1. The molecule has 3 nitrogen and oxygen atoms in total. The van der Waals surface area contributed by atoms with E-state index in [-0.39, 0.29) is 10.8 Å². The van der Waals surface area contributed by atoms with Crippen LogP contribution in [0.25, 0.3) is 22.2 Å². The average Bonchev–Trinajstić information content (AvgIpc) is 3.34. The lowest BCUT2D eigenvalue weighted by atomic mass is 9.66. The molecule has 1 N–H and O–H groups in total. The molecular formula is C30H29N3. The van der Waals surface area contributed by atoms with Crippen molar-refractivity contribution in [2.24, 2.45) is 0 Å². The van der Waals surface area contributed by atoms with Crippen LogP contribution < -0.4 is 0 Å². The fraction of sp³-hybridized carbons (Fsp3) is 0.200. The van der Waals surface area contributed by atoms with Crippen molar-refractivity contribution in [3.05, 3.63) is 119 Å². The van der Waals surface area contributed by atoms with Gasteiger partial charge in [0, 0.05) is 16.4 Å². The molecule has 0 saturated heterocycles. The normalized spacial score (nSPS) is 12.2. The van der Waals surface area contributed by atoms with Crippen LogP contribution in [-0.4, -0.2) is 15.4 Å². The number of aromatic nitrogens is 3. The van der Waals surface area contributed by atoms with Crippen molar-refractivity contribution in [3.63, 3.8) is 0 Å². The minimum atomic E-state index is -0.231. The third-order valence-electron chi connectivity index (χ3n) is 6.99. The van der Waals surface area contributed by atoms with Crippen molar-refractivity contribution in [2.75, 3.05) is 0 Å². The maximum Gasteiger partial charge on any atom is 0.120 e. The Labute approximate surface area is 195 Å². The van der Waals surface area contributed by atoms with Crippen molar-refractivity contribution in [2.45, 2.75) is 38.5 Å². The minimum absolute atomic E-state index is 0.184. The van der Waals surface area contributed by atoms with Crippen LogP contribution >= 0.6 is 0 Å². The lowest BCUT2D eigenvalue weighted by Crippen LogP contribution is -2.29. The number of nitrogens with one attached hydrogen (secondary N) is 1. The van der Waals surface area contributed by atoms with Crippen LogP contribution in [0.5, 0.6) is 0 Å². The molecule has 0 aliphatic carbocycles.